The molecule has 0 saturated carbocycles. The maximum absolute atomic E-state index is 13.8. The van der Waals surface area contributed by atoms with Crippen LogP contribution >= 0.6 is 11.6 Å². The minimum absolute atomic E-state index is 0.0802. The lowest BCUT2D eigenvalue weighted by Crippen LogP contribution is -2.22. The Morgan fingerprint density at radius 3 is 2.19 bits per heavy atom. The van der Waals surface area contributed by atoms with Crippen LogP contribution in [0.25, 0.3) is 0 Å². The third-order valence-corrected chi connectivity index (χ3v) is 2.94. The van der Waals surface area contributed by atoms with Gasteiger partial charge in [-0.05, 0) is 13.8 Å². The number of Topliss-reactive ketones (excluding diaryl/α,β-unsaturated/α-hetero) is 2. The number of rotatable bonds is 5. The van der Waals surface area contributed by atoms with E-state index in [4.69, 9.17) is 11.6 Å². The van der Waals surface area contributed by atoms with Gasteiger partial charge in [0.05, 0.1) is 18.6 Å². The van der Waals surface area contributed by atoms with E-state index in [1.165, 1.54) is 6.92 Å². The predicted octanol–water partition coefficient (Wildman–Crippen LogP) is 2.77. The van der Waals surface area contributed by atoms with Crippen molar-refractivity contribution in [3.63, 3.8) is 0 Å². The zero-order chi connectivity index (χ0) is 16.3. The molecule has 1 rings (SSSR count). The molecular weight excluding hydrogens is 313 g/mol. The van der Waals surface area contributed by atoms with E-state index in [0.717, 1.165) is 6.92 Å². The van der Waals surface area contributed by atoms with E-state index in [0.29, 0.717) is 0 Å². The van der Waals surface area contributed by atoms with Crippen LogP contribution in [-0.2, 0) is 14.3 Å². The normalized spacial score (nSPS) is 10.4. The predicted molar refractivity (Wildman–Crippen MR) is 66.7 cm³/mol. The van der Waals surface area contributed by atoms with Crippen LogP contribution in [0, 0.1) is 24.4 Å². The van der Waals surface area contributed by atoms with E-state index < -0.39 is 57.6 Å². The Balaban J connectivity index is 3.15. The average Bonchev–Trinajstić information content (AvgIpc) is 2.43. The molecule has 0 atom stereocenters. The summed E-state index contributed by atoms with van der Waals surface area (Å²) in [6.45, 7) is 2.33. The van der Waals surface area contributed by atoms with Crippen LogP contribution in [-0.4, -0.2) is 24.1 Å². The Hall–Kier alpha value is -1.89. The Labute approximate surface area is 122 Å². The standard InChI is InChI=1S/C13H10ClF3O4/c1-3-21-13(20)7(19)4-6(18)8-5(2)10(15)12(17)9(14)11(8)16/h3-4H2,1-2H3. The average molecular weight is 323 g/mol. The number of carbonyl (C=O) groups is 3. The number of ether oxygens (including phenoxy) is 1. The third kappa shape index (κ3) is 3.41. The molecule has 114 valence electrons. The molecule has 0 aromatic heterocycles. The largest absolute Gasteiger partial charge is 0.460 e. The molecule has 0 saturated heterocycles. The third-order valence-electron chi connectivity index (χ3n) is 2.60. The molecule has 8 heteroatoms. The summed E-state index contributed by atoms with van der Waals surface area (Å²) in [6, 6.07) is 0. The molecule has 0 aliphatic carbocycles. The van der Waals surface area contributed by atoms with Crippen molar-refractivity contribution in [2.24, 2.45) is 0 Å². The molecule has 0 bridgehead atoms. The second-order valence-electron chi connectivity index (χ2n) is 4.00. The first-order valence-corrected chi connectivity index (χ1v) is 6.15. The molecule has 0 aliphatic rings. The maximum Gasteiger partial charge on any atom is 0.375 e. The smallest absolute Gasteiger partial charge is 0.375 e. The van der Waals surface area contributed by atoms with Crippen molar-refractivity contribution in [3.8, 4) is 0 Å². The lowest BCUT2D eigenvalue weighted by molar-refractivity contribution is -0.153. The van der Waals surface area contributed by atoms with Gasteiger partial charge in [-0.1, -0.05) is 11.6 Å². The Kier molecular flexibility index (Phi) is 5.48. The number of halogens is 4. The summed E-state index contributed by atoms with van der Waals surface area (Å²) in [7, 11) is 0. The van der Waals surface area contributed by atoms with Crippen molar-refractivity contribution in [1.82, 2.24) is 0 Å². The number of carbonyl (C=O) groups excluding carboxylic acids is 3. The lowest BCUT2D eigenvalue weighted by atomic mass is 9.99. The van der Waals surface area contributed by atoms with Gasteiger partial charge < -0.3 is 4.74 Å². The highest BCUT2D eigenvalue weighted by atomic mass is 35.5. The molecule has 0 fully saturated rings. The van der Waals surface area contributed by atoms with Gasteiger partial charge in [-0.2, -0.15) is 0 Å². The molecule has 0 N–H and O–H groups in total. The Morgan fingerprint density at radius 1 is 1.10 bits per heavy atom. The molecule has 0 unspecified atom stereocenters. The van der Waals surface area contributed by atoms with Crippen LogP contribution in [0.1, 0.15) is 29.3 Å². The first-order valence-electron chi connectivity index (χ1n) is 5.78. The monoisotopic (exact) mass is 322 g/mol. The van der Waals surface area contributed by atoms with E-state index in [1.807, 2.05) is 0 Å². The second-order valence-corrected chi connectivity index (χ2v) is 4.38. The van der Waals surface area contributed by atoms with E-state index >= 15 is 0 Å². The zero-order valence-corrected chi connectivity index (χ0v) is 11.8. The minimum atomic E-state index is -1.63. The number of benzene rings is 1. The van der Waals surface area contributed by atoms with Crippen LogP contribution in [0.2, 0.25) is 5.02 Å². The van der Waals surface area contributed by atoms with Crippen LogP contribution < -0.4 is 0 Å². The molecular formula is C13H10ClF3O4. The molecule has 0 heterocycles. The van der Waals surface area contributed by atoms with E-state index in [1.54, 1.807) is 0 Å². The van der Waals surface area contributed by atoms with Gasteiger partial charge in [0, 0.05) is 5.56 Å². The van der Waals surface area contributed by atoms with Crippen molar-refractivity contribution in [2.45, 2.75) is 20.3 Å². The zero-order valence-electron chi connectivity index (χ0n) is 11.1. The molecule has 1 aromatic rings. The fraction of sp³-hybridized carbons (Fsp3) is 0.308. The fourth-order valence-corrected chi connectivity index (χ4v) is 1.77. The summed E-state index contributed by atoms with van der Waals surface area (Å²) >= 11 is 5.23. The Bertz CT molecular complexity index is 599. The molecule has 0 aliphatic heterocycles. The minimum Gasteiger partial charge on any atom is -0.460 e. The Morgan fingerprint density at radius 2 is 1.67 bits per heavy atom. The lowest BCUT2D eigenvalue weighted by Gasteiger charge is -2.09. The van der Waals surface area contributed by atoms with Crippen LogP contribution in [0.15, 0.2) is 0 Å². The quantitative estimate of drug-likeness (QED) is 0.209. The van der Waals surface area contributed by atoms with Crippen molar-refractivity contribution < 1.29 is 32.3 Å². The number of esters is 1. The van der Waals surface area contributed by atoms with Gasteiger partial charge in [0.25, 0.3) is 0 Å². The van der Waals surface area contributed by atoms with E-state index in [9.17, 15) is 27.6 Å². The maximum atomic E-state index is 13.8. The summed E-state index contributed by atoms with van der Waals surface area (Å²) < 4.78 is 44.8. The molecule has 4 nitrogen and oxygen atoms in total. The van der Waals surface area contributed by atoms with Gasteiger partial charge >= 0.3 is 5.97 Å². The fourth-order valence-electron chi connectivity index (χ4n) is 1.59. The van der Waals surface area contributed by atoms with Gasteiger partial charge in [0.1, 0.15) is 5.02 Å². The SMILES string of the molecule is CCOC(=O)C(=O)CC(=O)c1c(C)c(F)c(F)c(Cl)c1F. The summed E-state index contributed by atoms with van der Waals surface area (Å²) in [5, 5.41) is -1.19. The molecule has 1 aromatic carbocycles. The number of hydrogen-bond donors (Lipinski definition) is 0. The van der Waals surface area contributed by atoms with Crippen LogP contribution in [0.3, 0.4) is 0 Å². The molecule has 0 radical (unpaired) electrons. The summed E-state index contributed by atoms with van der Waals surface area (Å²) in [5.74, 6) is -8.27. The first kappa shape index (κ1) is 17.2. The number of hydrogen-bond acceptors (Lipinski definition) is 4. The summed E-state index contributed by atoms with van der Waals surface area (Å²) in [6.07, 6.45) is -1.03. The summed E-state index contributed by atoms with van der Waals surface area (Å²) in [4.78, 5) is 34.3. The van der Waals surface area contributed by atoms with Crippen LogP contribution in [0.4, 0.5) is 13.2 Å². The van der Waals surface area contributed by atoms with Gasteiger partial charge in [-0.3, -0.25) is 9.59 Å². The highest BCUT2D eigenvalue weighted by Gasteiger charge is 2.28. The van der Waals surface area contributed by atoms with E-state index in [-0.39, 0.29) is 6.61 Å². The van der Waals surface area contributed by atoms with Gasteiger partial charge in [0.15, 0.2) is 23.2 Å². The summed E-state index contributed by atoms with van der Waals surface area (Å²) in [5.41, 5.74) is -1.49. The van der Waals surface area contributed by atoms with Gasteiger partial charge in [-0.25, -0.2) is 18.0 Å². The molecule has 0 amide bonds. The molecule has 21 heavy (non-hydrogen) atoms. The van der Waals surface area contributed by atoms with Crippen molar-refractivity contribution in [2.75, 3.05) is 6.61 Å². The number of ketones is 2. The molecule has 0 spiro atoms. The van der Waals surface area contributed by atoms with Gasteiger partial charge in [0.2, 0.25) is 5.78 Å². The van der Waals surface area contributed by atoms with Crippen molar-refractivity contribution in [1.29, 1.82) is 0 Å². The first-order chi connectivity index (χ1) is 9.72. The highest BCUT2D eigenvalue weighted by molar-refractivity contribution is 6.38. The van der Waals surface area contributed by atoms with Gasteiger partial charge in [-0.15, -0.1) is 0 Å². The van der Waals surface area contributed by atoms with Crippen molar-refractivity contribution in [3.05, 3.63) is 33.6 Å². The van der Waals surface area contributed by atoms with Crippen LogP contribution in [0.5, 0.6) is 0 Å². The highest BCUT2D eigenvalue weighted by Crippen LogP contribution is 2.29. The van der Waals surface area contributed by atoms with Crippen molar-refractivity contribution >= 4 is 29.1 Å². The topological polar surface area (TPSA) is 60.4 Å². The van der Waals surface area contributed by atoms with E-state index in [2.05, 4.69) is 4.74 Å². The second kappa shape index (κ2) is 6.71.